The van der Waals surface area contributed by atoms with Crippen LogP contribution in [0.2, 0.25) is 0 Å². The summed E-state index contributed by atoms with van der Waals surface area (Å²) in [6.45, 7) is 13.7. The number of amides is 1. The minimum Gasteiger partial charge on any atom is -0.444 e. The van der Waals surface area contributed by atoms with Gasteiger partial charge in [0, 0.05) is 31.7 Å². The molecule has 8 nitrogen and oxygen atoms in total. The van der Waals surface area contributed by atoms with Crippen molar-refractivity contribution in [1.82, 2.24) is 21.1 Å². The van der Waals surface area contributed by atoms with Gasteiger partial charge in [0.05, 0.1) is 5.69 Å². The molecular formula is C17H32IN5O3. The minimum absolute atomic E-state index is 0. The molecule has 0 unspecified atom stereocenters. The molecule has 0 aromatic carbocycles. The highest BCUT2D eigenvalue weighted by Gasteiger charge is 2.15. The van der Waals surface area contributed by atoms with Gasteiger partial charge in [-0.05, 0) is 48.0 Å². The van der Waals surface area contributed by atoms with E-state index in [1.807, 2.05) is 41.5 Å². The predicted molar refractivity (Wildman–Crippen MR) is 113 cm³/mol. The Morgan fingerprint density at radius 3 is 2.38 bits per heavy atom. The minimum atomic E-state index is -0.494. The summed E-state index contributed by atoms with van der Waals surface area (Å²) in [7, 11) is 0. The van der Waals surface area contributed by atoms with E-state index in [2.05, 4.69) is 26.1 Å². The van der Waals surface area contributed by atoms with Gasteiger partial charge in [0.25, 0.3) is 0 Å². The summed E-state index contributed by atoms with van der Waals surface area (Å²) in [5.41, 5.74) is 1.52. The van der Waals surface area contributed by atoms with Crippen molar-refractivity contribution < 1.29 is 14.1 Å². The number of ether oxygens (including phenoxy) is 1. The zero-order valence-corrected chi connectivity index (χ0v) is 18.9. The quantitative estimate of drug-likeness (QED) is 0.240. The molecule has 1 heterocycles. The van der Waals surface area contributed by atoms with Crippen molar-refractivity contribution in [3.63, 3.8) is 0 Å². The fourth-order valence-electron chi connectivity index (χ4n) is 2.14. The number of hydrogen-bond acceptors (Lipinski definition) is 5. The van der Waals surface area contributed by atoms with Gasteiger partial charge in [0.1, 0.15) is 11.4 Å². The van der Waals surface area contributed by atoms with Crippen molar-refractivity contribution in [1.29, 1.82) is 0 Å². The van der Waals surface area contributed by atoms with Crippen molar-refractivity contribution in [2.75, 3.05) is 26.2 Å². The Labute approximate surface area is 172 Å². The van der Waals surface area contributed by atoms with Crippen molar-refractivity contribution in [2.45, 2.75) is 53.6 Å². The lowest BCUT2D eigenvalue weighted by atomic mass is 10.1. The molecule has 0 bridgehead atoms. The summed E-state index contributed by atoms with van der Waals surface area (Å²) in [4.78, 5) is 16.1. The highest BCUT2D eigenvalue weighted by atomic mass is 127. The van der Waals surface area contributed by atoms with Gasteiger partial charge in [-0.15, -0.1) is 24.0 Å². The van der Waals surface area contributed by atoms with Crippen LogP contribution in [0, 0.1) is 13.8 Å². The normalized spacial score (nSPS) is 11.5. The van der Waals surface area contributed by atoms with Crippen molar-refractivity contribution in [3.8, 4) is 0 Å². The van der Waals surface area contributed by atoms with Crippen LogP contribution in [0.4, 0.5) is 4.79 Å². The van der Waals surface area contributed by atoms with Gasteiger partial charge < -0.3 is 25.2 Å². The molecule has 1 amide bonds. The lowest BCUT2D eigenvalue weighted by molar-refractivity contribution is 0.0529. The number of aromatic nitrogens is 1. The summed E-state index contributed by atoms with van der Waals surface area (Å²) in [5.74, 6) is 1.55. The van der Waals surface area contributed by atoms with E-state index in [0.29, 0.717) is 25.6 Å². The van der Waals surface area contributed by atoms with Crippen LogP contribution in [0.3, 0.4) is 0 Å². The highest BCUT2D eigenvalue weighted by Crippen LogP contribution is 2.12. The molecule has 26 heavy (non-hydrogen) atoms. The number of aliphatic imine (C=N–C) groups is 1. The van der Waals surface area contributed by atoms with Gasteiger partial charge >= 0.3 is 6.09 Å². The second kappa shape index (κ2) is 12.0. The van der Waals surface area contributed by atoms with Crippen molar-refractivity contribution in [3.05, 3.63) is 17.0 Å². The number of rotatable bonds is 7. The number of hydrogen-bond donors (Lipinski definition) is 3. The van der Waals surface area contributed by atoms with Gasteiger partial charge in [-0.1, -0.05) is 5.16 Å². The third-order valence-electron chi connectivity index (χ3n) is 3.24. The number of aryl methyl sites for hydroxylation is 2. The van der Waals surface area contributed by atoms with Gasteiger partial charge in [0.2, 0.25) is 0 Å². The van der Waals surface area contributed by atoms with Crippen LogP contribution < -0.4 is 16.0 Å². The van der Waals surface area contributed by atoms with E-state index in [0.717, 1.165) is 30.0 Å². The molecule has 1 aromatic rings. The Morgan fingerprint density at radius 2 is 1.85 bits per heavy atom. The lowest BCUT2D eigenvalue weighted by Crippen LogP contribution is -2.42. The Balaban J connectivity index is 0.00000625. The number of alkyl carbamates (subject to hydrolysis) is 1. The Morgan fingerprint density at radius 1 is 1.19 bits per heavy atom. The molecule has 0 aliphatic heterocycles. The molecule has 1 aromatic heterocycles. The van der Waals surface area contributed by atoms with E-state index >= 15 is 0 Å². The third-order valence-corrected chi connectivity index (χ3v) is 3.24. The molecule has 0 saturated heterocycles. The smallest absolute Gasteiger partial charge is 0.407 e. The Kier molecular flexibility index (Phi) is 11.3. The molecule has 0 aliphatic carbocycles. The molecule has 150 valence electrons. The van der Waals surface area contributed by atoms with E-state index in [1.165, 1.54) is 0 Å². The Bertz CT molecular complexity index is 562. The number of carbonyl (C=O) groups is 1. The first-order valence-electron chi connectivity index (χ1n) is 8.63. The van der Waals surface area contributed by atoms with Gasteiger partial charge in [0.15, 0.2) is 5.96 Å². The molecule has 1 rings (SSSR count). The standard InChI is InChI=1S/C17H31N5O3.HI/c1-7-18-15(19-9-8-14-12(2)22-25-13(14)3)20-10-11-21-16(23)24-17(4,5)6;/h7-11H2,1-6H3,(H,21,23)(H2,18,19,20);1H. The third kappa shape index (κ3) is 9.83. The summed E-state index contributed by atoms with van der Waals surface area (Å²) in [6.07, 6.45) is 0.350. The SMILES string of the molecule is CCNC(=NCCc1c(C)noc1C)NCCNC(=O)OC(C)(C)C.I. The van der Waals surface area contributed by atoms with Crippen LogP contribution in [-0.4, -0.2) is 49.0 Å². The van der Waals surface area contributed by atoms with E-state index < -0.39 is 11.7 Å². The first-order chi connectivity index (χ1) is 11.7. The van der Waals surface area contributed by atoms with Gasteiger partial charge in [-0.2, -0.15) is 0 Å². The monoisotopic (exact) mass is 481 g/mol. The van der Waals surface area contributed by atoms with Crippen molar-refractivity contribution in [2.24, 2.45) is 4.99 Å². The zero-order chi connectivity index (χ0) is 18.9. The fourth-order valence-corrected chi connectivity index (χ4v) is 2.14. The van der Waals surface area contributed by atoms with E-state index in [-0.39, 0.29) is 24.0 Å². The molecule has 9 heteroatoms. The molecule has 0 fully saturated rings. The zero-order valence-electron chi connectivity index (χ0n) is 16.6. The van der Waals surface area contributed by atoms with Crippen LogP contribution in [0.5, 0.6) is 0 Å². The van der Waals surface area contributed by atoms with Crippen LogP contribution in [0.25, 0.3) is 0 Å². The number of nitrogens with zero attached hydrogens (tertiary/aromatic N) is 2. The van der Waals surface area contributed by atoms with Crippen LogP contribution >= 0.6 is 24.0 Å². The Hall–Kier alpha value is -1.52. The second-order valence-electron chi connectivity index (χ2n) is 6.67. The maximum Gasteiger partial charge on any atom is 0.407 e. The number of nitrogens with one attached hydrogen (secondary N) is 3. The summed E-state index contributed by atoms with van der Waals surface area (Å²) in [5, 5.41) is 13.0. The fraction of sp³-hybridized carbons (Fsp3) is 0.706. The van der Waals surface area contributed by atoms with E-state index in [1.54, 1.807) is 0 Å². The van der Waals surface area contributed by atoms with Gasteiger partial charge in [-0.3, -0.25) is 4.99 Å². The summed E-state index contributed by atoms with van der Waals surface area (Å²) >= 11 is 0. The van der Waals surface area contributed by atoms with E-state index in [4.69, 9.17) is 9.26 Å². The molecule has 0 saturated carbocycles. The molecule has 0 aliphatic rings. The summed E-state index contributed by atoms with van der Waals surface area (Å²) < 4.78 is 10.3. The molecule has 0 atom stereocenters. The first kappa shape index (κ1) is 24.5. The van der Waals surface area contributed by atoms with E-state index in [9.17, 15) is 4.79 Å². The molecule has 0 spiro atoms. The lowest BCUT2D eigenvalue weighted by Gasteiger charge is -2.19. The highest BCUT2D eigenvalue weighted by molar-refractivity contribution is 14.0. The van der Waals surface area contributed by atoms with Gasteiger partial charge in [-0.25, -0.2) is 4.79 Å². The first-order valence-corrected chi connectivity index (χ1v) is 8.63. The summed E-state index contributed by atoms with van der Waals surface area (Å²) in [6, 6.07) is 0. The molecule has 0 radical (unpaired) electrons. The molecule has 3 N–H and O–H groups in total. The maximum atomic E-state index is 11.6. The van der Waals surface area contributed by atoms with Crippen LogP contribution in [0.1, 0.15) is 44.7 Å². The number of carbonyl (C=O) groups excluding carboxylic acids is 1. The van der Waals surface area contributed by atoms with Crippen LogP contribution in [-0.2, 0) is 11.2 Å². The number of halogens is 1. The molecular weight excluding hydrogens is 449 g/mol. The topological polar surface area (TPSA) is 101 Å². The maximum absolute atomic E-state index is 11.6. The average Bonchev–Trinajstić information content (AvgIpc) is 2.81. The average molecular weight is 481 g/mol. The largest absolute Gasteiger partial charge is 0.444 e. The predicted octanol–water partition coefficient (Wildman–Crippen LogP) is 2.53. The second-order valence-corrected chi connectivity index (χ2v) is 6.67. The van der Waals surface area contributed by atoms with Crippen LogP contribution in [0.15, 0.2) is 9.52 Å². The van der Waals surface area contributed by atoms with Crippen molar-refractivity contribution >= 4 is 36.0 Å². The number of guanidine groups is 1.